The molecule has 7 nitrogen and oxygen atoms in total. The highest BCUT2D eigenvalue weighted by Gasteiger charge is 2.12. The first-order valence-corrected chi connectivity index (χ1v) is 6.76. The second kappa shape index (κ2) is 7.16. The first-order valence-electron chi connectivity index (χ1n) is 6.76. The largest absolute Gasteiger partial charge is 0.379 e. The van der Waals surface area contributed by atoms with Gasteiger partial charge in [-0.25, -0.2) is 4.98 Å². The van der Waals surface area contributed by atoms with Crippen molar-refractivity contribution in [1.29, 1.82) is 0 Å². The van der Waals surface area contributed by atoms with Gasteiger partial charge in [0.15, 0.2) is 0 Å². The highest BCUT2D eigenvalue weighted by molar-refractivity contribution is 5.90. The van der Waals surface area contributed by atoms with E-state index < -0.39 is 4.92 Å². The van der Waals surface area contributed by atoms with Crippen LogP contribution in [0.4, 0.5) is 17.2 Å². The van der Waals surface area contributed by atoms with E-state index in [1.165, 1.54) is 6.07 Å². The standard InChI is InChI=1S/C15H16N4O3/c1-11-6-8-17-14(10-11)18-15(20)7-9-16-12-4-2-3-5-13(12)19(21)22/h2-6,8,10,16H,7,9H2,1H3,(H,17,18,20). The molecule has 1 aromatic carbocycles. The Balaban J connectivity index is 1.86. The van der Waals surface area contributed by atoms with Crippen LogP contribution in [0.2, 0.25) is 0 Å². The number of carbonyl (C=O) groups excluding carboxylic acids is 1. The summed E-state index contributed by atoms with van der Waals surface area (Å²) in [5, 5.41) is 16.5. The molecule has 0 aliphatic rings. The molecule has 0 unspecified atom stereocenters. The van der Waals surface area contributed by atoms with Crippen molar-refractivity contribution in [3.63, 3.8) is 0 Å². The second-order valence-electron chi connectivity index (χ2n) is 4.72. The number of aromatic nitrogens is 1. The normalized spacial score (nSPS) is 10.0. The molecule has 0 saturated heterocycles. The van der Waals surface area contributed by atoms with Crippen molar-refractivity contribution in [2.75, 3.05) is 17.2 Å². The van der Waals surface area contributed by atoms with E-state index in [-0.39, 0.29) is 18.0 Å². The fourth-order valence-electron chi connectivity index (χ4n) is 1.90. The zero-order valence-corrected chi connectivity index (χ0v) is 12.1. The summed E-state index contributed by atoms with van der Waals surface area (Å²) in [6, 6.07) is 9.93. The van der Waals surface area contributed by atoms with Crippen molar-refractivity contribution in [3.8, 4) is 0 Å². The number of benzene rings is 1. The average Bonchev–Trinajstić information content (AvgIpc) is 2.47. The van der Waals surface area contributed by atoms with Gasteiger partial charge in [0.25, 0.3) is 5.69 Å². The number of nitro groups is 1. The molecule has 0 saturated carbocycles. The SMILES string of the molecule is Cc1ccnc(NC(=O)CCNc2ccccc2[N+](=O)[O-])c1. The van der Waals surface area contributed by atoms with Crippen LogP contribution < -0.4 is 10.6 Å². The summed E-state index contributed by atoms with van der Waals surface area (Å²) in [4.78, 5) is 26.3. The third-order valence-corrected chi connectivity index (χ3v) is 2.95. The highest BCUT2D eigenvalue weighted by Crippen LogP contribution is 2.22. The van der Waals surface area contributed by atoms with Gasteiger partial charge in [0, 0.05) is 25.2 Å². The number of pyridine rings is 1. The lowest BCUT2D eigenvalue weighted by molar-refractivity contribution is -0.384. The van der Waals surface area contributed by atoms with Crippen molar-refractivity contribution in [3.05, 3.63) is 58.3 Å². The molecule has 7 heteroatoms. The van der Waals surface area contributed by atoms with Crippen LogP contribution in [0.1, 0.15) is 12.0 Å². The van der Waals surface area contributed by atoms with Gasteiger partial charge >= 0.3 is 0 Å². The van der Waals surface area contributed by atoms with Crippen molar-refractivity contribution >= 4 is 23.1 Å². The van der Waals surface area contributed by atoms with E-state index >= 15 is 0 Å². The van der Waals surface area contributed by atoms with Gasteiger partial charge in [-0.2, -0.15) is 0 Å². The molecule has 0 spiro atoms. The van der Waals surface area contributed by atoms with E-state index in [0.29, 0.717) is 18.1 Å². The van der Waals surface area contributed by atoms with E-state index in [9.17, 15) is 14.9 Å². The van der Waals surface area contributed by atoms with E-state index in [4.69, 9.17) is 0 Å². The maximum absolute atomic E-state index is 11.8. The van der Waals surface area contributed by atoms with E-state index in [1.807, 2.05) is 13.0 Å². The number of anilines is 2. The summed E-state index contributed by atoms with van der Waals surface area (Å²) in [6.45, 7) is 2.20. The molecule has 0 bridgehead atoms. The summed E-state index contributed by atoms with van der Waals surface area (Å²) >= 11 is 0. The second-order valence-corrected chi connectivity index (χ2v) is 4.72. The topological polar surface area (TPSA) is 97.2 Å². The summed E-state index contributed by atoms with van der Waals surface area (Å²) in [6.07, 6.45) is 1.80. The van der Waals surface area contributed by atoms with Crippen LogP contribution in [0.5, 0.6) is 0 Å². The van der Waals surface area contributed by atoms with Gasteiger partial charge < -0.3 is 10.6 Å². The Morgan fingerprint density at radius 2 is 2.09 bits per heavy atom. The number of carbonyl (C=O) groups is 1. The Hall–Kier alpha value is -2.96. The number of hydrogen-bond acceptors (Lipinski definition) is 5. The molecule has 0 fully saturated rings. The van der Waals surface area contributed by atoms with Crippen molar-refractivity contribution < 1.29 is 9.72 Å². The molecule has 2 aromatic rings. The van der Waals surface area contributed by atoms with Gasteiger partial charge in [0.2, 0.25) is 5.91 Å². The van der Waals surface area contributed by atoms with Crippen LogP contribution in [0.15, 0.2) is 42.6 Å². The van der Waals surface area contributed by atoms with E-state index in [2.05, 4.69) is 15.6 Å². The van der Waals surface area contributed by atoms with Gasteiger partial charge in [0.05, 0.1) is 4.92 Å². The third-order valence-electron chi connectivity index (χ3n) is 2.95. The third kappa shape index (κ3) is 4.27. The van der Waals surface area contributed by atoms with Crippen LogP contribution in [0.25, 0.3) is 0 Å². The monoisotopic (exact) mass is 300 g/mol. The number of hydrogen-bond donors (Lipinski definition) is 2. The molecule has 0 aliphatic heterocycles. The number of aryl methyl sites for hydroxylation is 1. The van der Waals surface area contributed by atoms with Gasteiger partial charge in [0.1, 0.15) is 11.5 Å². The number of para-hydroxylation sites is 2. The quantitative estimate of drug-likeness (QED) is 0.631. The first kappa shape index (κ1) is 15.4. The molecular weight excluding hydrogens is 284 g/mol. The van der Waals surface area contributed by atoms with Crippen molar-refractivity contribution in [2.45, 2.75) is 13.3 Å². The van der Waals surface area contributed by atoms with Crippen molar-refractivity contribution in [2.24, 2.45) is 0 Å². The molecule has 1 aromatic heterocycles. The minimum absolute atomic E-state index is 0.0109. The van der Waals surface area contributed by atoms with Crippen LogP contribution in [-0.2, 0) is 4.79 Å². The lowest BCUT2D eigenvalue weighted by atomic mass is 10.2. The highest BCUT2D eigenvalue weighted by atomic mass is 16.6. The Bertz CT molecular complexity index is 688. The zero-order chi connectivity index (χ0) is 15.9. The number of nitrogens with zero attached hydrogens (tertiary/aromatic N) is 2. The lowest BCUT2D eigenvalue weighted by Crippen LogP contribution is -2.17. The number of amides is 1. The smallest absolute Gasteiger partial charge is 0.292 e. The summed E-state index contributed by atoms with van der Waals surface area (Å²) < 4.78 is 0. The Labute approximate surface area is 127 Å². The average molecular weight is 300 g/mol. The molecule has 2 N–H and O–H groups in total. The molecule has 22 heavy (non-hydrogen) atoms. The maximum atomic E-state index is 11.8. The first-order chi connectivity index (χ1) is 10.6. The van der Waals surface area contributed by atoms with Gasteiger partial charge in [-0.15, -0.1) is 0 Å². The summed E-state index contributed by atoms with van der Waals surface area (Å²) in [5.41, 5.74) is 1.39. The summed E-state index contributed by atoms with van der Waals surface area (Å²) in [5.74, 6) is 0.292. The minimum Gasteiger partial charge on any atom is -0.379 e. The predicted molar refractivity (Wildman–Crippen MR) is 83.8 cm³/mol. The number of nitrogens with one attached hydrogen (secondary N) is 2. The van der Waals surface area contributed by atoms with Crippen molar-refractivity contribution in [1.82, 2.24) is 4.98 Å². The minimum atomic E-state index is -0.459. The maximum Gasteiger partial charge on any atom is 0.292 e. The van der Waals surface area contributed by atoms with Crippen LogP contribution in [0, 0.1) is 17.0 Å². The fourth-order valence-corrected chi connectivity index (χ4v) is 1.90. The Kier molecular flexibility index (Phi) is 5.02. The van der Waals surface area contributed by atoms with Crippen LogP contribution >= 0.6 is 0 Å². The number of rotatable bonds is 6. The lowest BCUT2D eigenvalue weighted by Gasteiger charge is -2.07. The molecule has 1 amide bonds. The molecule has 1 heterocycles. The fraction of sp³-hybridized carbons (Fsp3) is 0.200. The predicted octanol–water partition coefficient (Wildman–Crippen LogP) is 2.74. The van der Waals surface area contributed by atoms with E-state index in [1.54, 1.807) is 30.5 Å². The van der Waals surface area contributed by atoms with Gasteiger partial charge in [-0.3, -0.25) is 14.9 Å². The Morgan fingerprint density at radius 3 is 2.82 bits per heavy atom. The molecule has 0 aliphatic carbocycles. The molecule has 0 atom stereocenters. The molecule has 2 rings (SSSR count). The van der Waals surface area contributed by atoms with Crippen LogP contribution in [0.3, 0.4) is 0 Å². The zero-order valence-electron chi connectivity index (χ0n) is 12.1. The van der Waals surface area contributed by atoms with Gasteiger partial charge in [-0.1, -0.05) is 12.1 Å². The molecule has 114 valence electrons. The van der Waals surface area contributed by atoms with Gasteiger partial charge in [-0.05, 0) is 30.7 Å². The van der Waals surface area contributed by atoms with E-state index in [0.717, 1.165) is 5.56 Å². The molecular formula is C15H16N4O3. The number of nitro benzene ring substituents is 1. The Morgan fingerprint density at radius 1 is 1.32 bits per heavy atom. The molecule has 0 radical (unpaired) electrons. The summed E-state index contributed by atoms with van der Waals surface area (Å²) in [7, 11) is 0. The van der Waals surface area contributed by atoms with Crippen LogP contribution in [-0.4, -0.2) is 22.4 Å².